The smallest absolute Gasteiger partial charge is 0.0994 e. The molecule has 0 radical (unpaired) electrons. The predicted octanol–water partition coefficient (Wildman–Crippen LogP) is 1.80. The van der Waals surface area contributed by atoms with Crippen molar-refractivity contribution in [2.75, 3.05) is 0 Å². The van der Waals surface area contributed by atoms with Gasteiger partial charge in [0, 0.05) is 6.21 Å². The Hall–Kier alpha value is -1.62. The summed E-state index contributed by atoms with van der Waals surface area (Å²) in [5.41, 5.74) is 4.12. The van der Waals surface area contributed by atoms with Gasteiger partial charge in [-0.05, 0) is 29.7 Å². The van der Waals surface area contributed by atoms with E-state index in [1.165, 1.54) is 5.56 Å². The molecule has 0 aromatic heterocycles. The first-order valence-electron chi connectivity index (χ1n) is 3.84. The zero-order valence-corrected chi connectivity index (χ0v) is 6.83. The summed E-state index contributed by atoms with van der Waals surface area (Å²) in [6.45, 7) is 2.72. The lowest BCUT2D eigenvalue weighted by molar-refractivity contribution is 1.10. The molecular formula is C10H8N2. The molecule has 58 valence electrons. The highest BCUT2D eigenvalue weighted by Gasteiger charge is 2.08. The van der Waals surface area contributed by atoms with Crippen LogP contribution < -0.4 is 0 Å². The number of aryl methyl sites for hydroxylation is 1. The number of hydrogen-bond acceptors (Lipinski definition) is 2. The molecular weight excluding hydrogens is 148 g/mol. The zero-order chi connectivity index (χ0) is 8.55. The average molecular weight is 156 g/mol. The highest BCUT2D eigenvalue weighted by atomic mass is 14.7. The third kappa shape index (κ3) is 0.911. The second kappa shape index (κ2) is 2.46. The largest absolute Gasteiger partial charge is 0.288 e. The maximum Gasteiger partial charge on any atom is 0.0994 e. The van der Waals surface area contributed by atoms with E-state index in [0.717, 1.165) is 23.2 Å². The first kappa shape index (κ1) is 7.05. The minimum absolute atomic E-state index is 0.752. The van der Waals surface area contributed by atoms with Gasteiger partial charge in [0.25, 0.3) is 0 Å². The number of nitrogens with zero attached hydrogens (tertiary/aromatic N) is 2. The third-order valence-corrected chi connectivity index (χ3v) is 2.10. The first-order valence-corrected chi connectivity index (χ1v) is 3.84. The molecule has 0 bridgehead atoms. The molecule has 0 saturated carbocycles. The second-order valence-electron chi connectivity index (χ2n) is 2.95. The molecule has 1 aliphatic rings. The molecule has 12 heavy (non-hydrogen) atoms. The highest BCUT2D eigenvalue weighted by Crippen LogP contribution is 2.19. The van der Waals surface area contributed by atoms with Gasteiger partial charge in [0.2, 0.25) is 0 Å². The molecule has 0 amide bonds. The van der Waals surface area contributed by atoms with Gasteiger partial charge in [-0.25, -0.2) is 0 Å². The van der Waals surface area contributed by atoms with Crippen LogP contribution in [0.4, 0.5) is 0 Å². The van der Waals surface area contributed by atoms with E-state index in [-0.39, 0.29) is 0 Å². The number of hydrogen-bond donors (Lipinski definition) is 0. The monoisotopic (exact) mass is 156 g/mol. The SMILES string of the molecule is Cc1cc2c(cc1C#N)C=NC2. The van der Waals surface area contributed by atoms with E-state index in [1.807, 2.05) is 25.3 Å². The van der Waals surface area contributed by atoms with E-state index in [0.29, 0.717) is 0 Å². The zero-order valence-electron chi connectivity index (χ0n) is 6.83. The Labute approximate surface area is 71.2 Å². The lowest BCUT2D eigenvalue weighted by Gasteiger charge is -2.00. The van der Waals surface area contributed by atoms with Gasteiger partial charge in [0.05, 0.1) is 18.2 Å². The van der Waals surface area contributed by atoms with Gasteiger partial charge in [-0.2, -0.15) is 5.26 Å². The van der Waals surface area contributed by atoms with E-state index in [1.54, 1.807) is 0 Å². The molecule has 0 spiro atoms. The summed E-state index contributed by atoms with van der Waals surface area (Å²) in [5, 5.41) is 8.76. The topological polar surface area (TPSA) is 36.1 Å². The average Bonchev–Trinajstić information content (AvgIpc) is 2.49. The van der Waals surface area contributed by atoms with Gasteiger partial charge < -0.3 is 0 Å². The van der Waals surface area contributed by atoms with Crippen molar-refractivity contribution in [1.29, 1.82) is 5.26 Å². The molecule has 1 aromatic carbocycles. The van der Waals surface area contributed by atoms with Crippen LogP contribution in [0.5, 0.6) is 0 Å². The fourth-order valence-corrected chi connectivity index (χ4v) is 1.40. The van der Waals surface area contributed by atoms with Crippen LogP contribution in [0.25, 0.3) is 0 Å². The molecule has 0 unspecified atom stereocenters. The predicted molar refractivity (Wildman–Crippen MR) is 47.2 cm³/mol. The maximum absolute atomic E-state index is 8.76. The summed E-state index contributed by atoms with van der Waals surface area (Å²) in [6, 6.07) is 6.11. The van der Waals surface area contributed by atoms with Gasteiger partial charge in [0.1, 0.15) is 0 Å². The molecule has 0 saturated heterocycles. The fraction of sp³-hybridized carbons (Fsp3) is 0.200. The van der Waals surface area contributed by atoms with Gasteiger partial charge in [-0.15, -0.1) is 0 Å². The van der Waals surface area contributed by atoms with E-state index >= 15 is 0 Å². The minimum Gasteiger partial charge on any atom is -0.288 e. The summed E-state index contributed by atoms with van der Waals surface area (Å²) >= 11 is 0. The van der Waals surface area contributed by atoms with Gasteiger partial charge in [0.15, 0.2) is 0 Å². The number of rotatable bonds is 0. The van der Waals surface area contributed by atoms with Crippen LogP contribution >= 0.6 is 0 Å². The maximum atomic E-state index is 8.76. The Morgan fingerprint density at radius 3 is 3.08 bits per heavy atom. The fourth-order valence-electron chi connectivity index (χ4n) is 1.40. The van der Waals surface area contributed by atoms with Crippen LogP contribution in [-0.2, 0) is 6.54 Å². The summed E-state index contributed by atoms with van der Waals surface area (Å²) in [6.07, 6.45) is 1.83. The number of fused-ring (bicyclic) bond motifs is 1. The van der Waals surface area contributed by atoms with Crippen LogP contribution in [-0.4, -0.2) is 6.21 Å². The standard InChI is InChI=1S/C10H8N2/c1-7-2-9-5-12-6-10(9)3-8(7)4-11/h2-3,6H,5H2,1H3. The second-order valence-corrected chi connectivity index (χ2v) is 2.95. The van der Waals surface area contributed by atoms with Gasteiger partial charge in [-0.3, -0.25) is 4.99 Å². The Morgan fingerprint density at radius 1 is 1.50 bits per heavy atom. The Morgan fingerprint density at radius 2 is 2.33 bits per heavy atom. The molecule has 2 nitrogen and oxygen atoms in total. The van der Waals surface area contributed by atoms with Crippen molar-refractivity contribution in [2.45, 2.75) is 13.5 Å². The van der Waals surface area contributed by atoms with Crippen molar-refractivity contribution in [3.63, 3.8) is 0 Å². The lowest BCUT2D eigenvalue weighted by Crippen LogP contribution is -1.89. The minimum atomic E-state index is 0.752. The number of aliphatic imine (C=N–C) groups is 1. The van der Waals surface area contributed by atoms with Crippen LogP contribution in [0.1, 0.15) is 22.3 Å². The van der Waals surface area contributed by atoms with E-state index in [4.69, 9.17) is 5.26 Å². The molecule has 0 fully saturated rings. The van der Waals surface area contributed by atoms with Crippen LogP contribution in [0.2, 0.25) is 0 Å². The number of benzene rings is 1. The molecule has 1 aliphatic heterocycles. The quantitative estimate of drug-likeness (QED) is 0.564. The highest BCUT2D eigenvalue weighted by molar-refractivity contribution is 5.85. The Balaban J connectivity index is 2.64. The molecule has 1 aromatic rings. The molecule has 1 heterocycles. The Kier molecular flexibility index (Phi) is 1.44. The van der Waals surface area contributed by atoms with Crippen LogP contribution in [0, 0.1) is 18.3 Å². The summed E-state index contributed by atoms with van der Waals surface area (Å²) in [4.78, 5) is 4.13. The molecule has 2 rings (SSSR count). The summed E-state index contributed by atoms with van der Waals surface area (Å²) in [5.74, 6) is 0. The van der Waals surface area contributed by atoms with Crippen molar-refractivity contribution < 1.29 is 0 Å². The van der Waals surface area contributed by atoms with E-state index in [2.05, 4.69) is 11.1 Å². The van der Waals surface area contributed by atoms with Crippen molar-refractivity contribution in [3.8, 4) is 6.07 Å². The number of nitriles is 1. The van der Waals surface area contributed by atoms with E-state index < -0.39 is 0 Å². The van der Waals surface area contributed by atoms with Crippen LogP contribution in [0.15, 0.2) is 17.1 Å². The normalized spacial score (nSPS) is 12.7. The van der Waals surface area contributed by atoms with Crippen molar-refractivity contribution in [1.82, 2.24) is 0 Å². The molecule has 2 heteroatoms. The van der Waals surface area contributed by atoms with E-state index in [9.17, 15) is 0 Å². The van der Waals surface area contributed by atoms with Crippen LogP contribution in [0.3, 0.4) is 0 Å². The Bertz CT molecular complexity index is 396. The summed E-state index contributed by atoms with van der Waals surface area (Å²) in [7, 11) is 0. The van der Waals surface area contributed by atoms with Crippen molar-refractivity contribution in [2.24, 2.45) is 4.99 Å². The van der Waals surface area contributed by atoms with Gasteiger partial charge >= 0.3 is 0 Å². The third-order valence-electron chi connectivity index (χ3n) is 2.10. The molecule has 0 aliphatic carbocycles. The molecule has 0 N–H and O–H groups in total. The molecule has 0 atom stereocenters. The van der Waals surface area contributed by atoms with Gasteiger partial charge in [-0.1, -0.05) is 6.07 Å². The van der Waals surface area contributed by atoms with Crippen molar-refractivity contribution >= 4 is 6.21 Å². The lowest BCUT2D eigenvalue weighted by atomic mass is 10.0. The first-order chi connectivity index (χ1) is 5.81. The van der Waals surface area contributed by atoms with Crippen molar-refractivity contribution in [3.05, 3.63) is 34.4 Å². The summed E-state index contributed by atoms with van der Waals surface area (Å²) < 4.78 is 0.